The fraction of sp³-hybridized carbons (Fsp3) is 0.929. The number of nitrogens with two attached hydrogens (primary N) is 1. The van der Waals surface area contributed by atoms with Crippen molar-refractivity contribution >= 4 is 5.91 Å². The Hall–Kier alpha value is -0.650. The first kappa shape index (κ1) is 13.3. The second kappa shape index (κ2) is 4.43. The molecule has 2 saturated heterocycles. The van der Waals surface area contributed by atoms with E-state index in [4.69, 9.17) is 15.3 Å². The van der Waals surface area contributed by atoms with Gasteiger partial charge in [0, 0.05) is 24.5 Å². The maximum Gasteiger partial charge on any atom is 0.267 e. The van der Waals surface area contributed by atoms with E-state index in [1.807, 2.05) is 13.8 Å². The van der Waals surface area contributed by atoms with Gasteiger partial charge in [0.1, 0.15) is 5.54 Å². The van der Waals surface area contributed by atoms with Gasteiger partial charge in [0.05, 0.1) is 12.7 Å². The van der Waals surface area contributed by atoms with Crippen LogP contribution in [0.25, 0.3) is 0 Å². The van der Waals surface area contributed by atoms with Crippen LogP contribution in [0.1, 0.15) is 39.5 Å². The molecule has 1 amide bonds. The zero-order valence-electron chi connectivity index (χ0n) is 11.9. The molecule has 2 heterocycles. The van der Waals surface area contributed by atoms with Gasteiger partial charge >= 0.3 is 0 Å². The standard InChI is InChI=1S/C14H24N2O3/c1-13(2)11-10(6-5-8-18-11)14(13,15)12(17)16-7-3-4-9-19-16/h10-11H,3-9,15H2,1-2H3. The maximum absolute atomic E-state index is 12.8. The summed E-state index contributed by atoms with van der Waals surface area (Å²) in [5.41, 5.74) is 5.40. The van der Waals surface area contributed by atoms with Gasteiger partial charge in [0.15, 0.2) is 0 Å². The molecule has 3 unspecified atom stereocenters. The molecule has 0 aromatic carbocycles. The molecular weight excluding hydrogens is 244 g/mol. The predicted molar refractivity (Wildman–Crippen MR) is 70.1 cm³/mol. The molecule has 5 nitrogen and oxygen atoms in total. The Bertz CT molecular complexity index is 379. The highest BCUT2D eigenvalue weighted by Crippen LogP contribution is 2.58. The second-order valence-corrected chi connectivity index (χ2v) is 6.58. The van der Waals surface area contributed by atoms with Crippen LogP contribution in [0.15, 0.2) is 0 Å². The second-order valence-electron chi connectivity index (χ2n) is 6.58. The van der Waals surface area contributed by atoms with Crippen LogP contribution in [0, 0.1) is 11.3 Å². The molecule has 19 heavy (non-hydrogen) atoms. The molecule has 0 bridgehead atoms. The van der Waals surface area contributed by atoms with Crippen LogP contribution in [0.3, 0.4) is 0 Å². The van der Waals surface area contributed by atoms with Gasteiger partial charge in [0.2, 0.25) is 0 Å². The van der Waals surface area contributed by atoms with Crippen LogP contribution < -0.4 is 5.73 Å². The largest absolute Gasteiger partial charge is 0.377 e. The van der Waals surface area contributed by atoms with E-state index in [-0.39, 0.29) is 23.3 Å². The highest BCUT2D eigenvalue weighted by molar-refractivity contribution is 5.88. The number of carbonyl (C=O) groups excluding carboxylic acids is 1. The zero-order valence-corrected chi connectivity index (χ0v) is 11.9. The first-order chi connectivity index (χ1) is 8.99. The van der Waals surface area contributed by atoms with Crippen molar-refractivity contribution in [3.63, 3.8) is 0 Å². The Morgan fingerprint density at radius 3 is 2.74 bits per heavy atom. The van der Waals surface area contributed by atoms with Gasteiger partial charge in [-0.1, -0.05) is 13.8 Å². The summed E-state index contributed by atoms with van der Waals surface area (Å²) < 4.78 is 5.83. The number of ether oxygens (including phenoxy) is 1. The minimum atomic E-state index is -0.838. The van der Waals surface area contributed by atoms with Crippen molar-refractivity contribution in [1.82, 2.24) is 5.06 Å². The molecule has 108 valence electrons. The molecule has 2 N–H and O–H groups in total. The average Bonchev–Trinajstić information content (AvgIpc) is 2.46. The molecule has 0 radical (unpaired) electrons. The van der Waals surface area contributed by atoms with Crippen LogP contribution in [0.4, 0.5) is 0 Å². The normalized spacial score (nSPS) is 41.3. The van der Waals surface area contributed by atoms with Crippen molar-refractivity contribution in [1.29, 1.82) is 0 Å². The van der Waals surface area contributed by atoms with E-state index in [1.54, 1.807) is 0 Å². The summed E-state index contributed by atoms with van der Waals surface area (Å²) in [6.07, 6.45) is 4.08. The van der Waals surface area contributed by atoms with Gasteiger partial charge in [-0.3, -0.25) is 9.63 Å². The summed E-state index contributed by atoms with van der Waals surface area (Å²) in [4.78, 5) is 18.3. The molecule has 3 fully saturated rings. The highest BCUT2D eigenvalue weighted by Gasteiger charge is 2.71. The lowest BCUT2D eigenvalue weighted by atomic mass is 9.46. The van der Waals surface area contributed by atoms with Crippen LogP contribution in [0.5, 0.6) is 0 Å². The first-order valence-electron chi connectivity index (χ1n) is 7.35. The Kier molecular flexibility index (Phi) is 3.11. The topological polar surface area (TPSA) is 64.8 Å². The third-order valence-corrected chi connectivity index (χ3v) is 5.27. The molecule has 3 aliphatic rings. The third kappa shape index (κ3) is 1.68. The van der Waals surface area contributed by atoms with Gasteiger partial charge in [-0.15, -0.1) is 0 Å². The van der Waals surface area contributed by atoms with Crippen LogP contribution in [0.2, 0.25) is 0 Å². The van der Waals surface area contributed by atoms with Crippen LogP contribution in [-0.2, 0) is 14.4 Å². The minimum Gasteiger partial charge on any atom is -0.377 e. The number of rotatable bonds is 1. The lowest BCUT2D eigenvalue weighted by molar-refractivity contribution is -0.254. The molecule has 5 heteroatoms. The molecule has 2 aliphatic heterocycles. The van der Waals surface area contributed by atoms with E-state index in [2.05, 4.69) is 0 Å². The molecular formula is C14H24N2O3. The number of carbonyl (C=O) groups is 1. The molecule has 0 spiro atoms. The molecule has 3 atom stereocenters. The highest BCUT2D eigenvalue weighted by atomic mass is 16.7. The van der Waals surface area contributed by atoms with Gasteiger partial charge in [-0.05, 0) is 25.7 Å². The quantitative estimate of drug-likeness (QED) is 0.772. The molecule has 0 aromatic heterocycles. The molecule has 3 rings (SSSR count). The lowest BCUT2D eigenvalue weighted by Crippen LogP contribution is -2.82. The van der Waals surface area contributed by atoms with Crippen molar-refractivity contribution in [2.24, 2.45) is 17.1 Å². The number of amides is 1. The van der Waals surface area contributed by atoms with Crippen molar-refractivity contribution in [2.45, 2.75) is 51.2 Å². The fourth-order valence-corrected chi connectivity index (χ4v) is 3.97. The van der Waals surface area contributed by atoms with Crippen LogP contribution in [-0.4, -0.2) is 42.4 Å². The molecule has 1 saturated carbocycles. The van der Waals surface area contributed by atoms with E-state index in [0.717, 1.165) is 32.3 Å². The minimum absolute atomic E-state index is 0.0519. The number of fused-ring (bicyclic) bond motifs is 1. The van der Waals surface area contributed by atoms with Crippen LogP contribution >= 0.6 is 0 Å². The van der Waals surface area contributed by atoms with Gasteiger partial charge in [-0.2, -0.15) is 0 Å². The van der Waals surface area contributed by atoms with E-state index in [1.165, 1.54) is 5.06 Å². The fourth-order valence-electron chi connectivity index (χ4n) is 3.97. The predicted octanol–water partition coefficient (Wildman–Crippen LogP) is 1.07. The van der Waals surface area contributed by atoms with Crippen molar-refractivity contribution < 1.29 is 14.4 Å². The number of hydrogen-bond acceptors (Lipinski definition) is 4. The van der Waals surface area contributed by atoms with Gasteiger partial charge in [-0.25, -0.2) is 5.06 Å². The molecule has 0 aromatic rings. The van der Waals surface area contributed by atoms with Gasteiger partial charge in [0.25, 0.3) is 5.91 Å². The summed E-state index contributed by atoms with van der Waals surface area (Å²) in [5, 5.41) is 1.50. The Morgan fingerprint density at radius 2 is 2.05 bits per heavy atom. The summed E-state index contributed by atoms with van der Waals surface area (Å²) in [6.45, 7) is 6.15. The monoisotopic (exact) mass is 268 g/mol. The Labute approximate surface area is 114 Å². The smallest absolute Gasteiger partial charge is 0.267 e. The first-order valence-corrected chi connectivity index (χ1v) is 7.35. The zero-order chi connectivity index (χ0) is 13.7. The maximum atomic E-state index is 12.8. The summed E-state index contributed by atoms with van der Waals surface area (Å²) in [7, 11) is 0. The van der Waals surface area contributed by atoms with Crippen molar-refractivity contribution in [3.8, 4) is 0 Å². The summed E-state index contributed by atoms with van der Waals surface area (Å²) in [5.74, 6) is 0.0817. The third-order valence-electron chi connectivity index (χ3n) is 5.27. The average molecular weight is 268 g/mol. The SMILES string of the molecule is CC1(C)C2OCCCC2C1(N)C(=O)N1CCCCO1. The van der Waals surface area contributed by atoms with Crippen molar-refractivity contribution in [2.75, 3.05) is 19.8 Å². The van der Waals surface area contributed by atoms with E-state index >= 15 is 0 Å². The van der Waals surface area contributed by atoms with Gasteiger partial charge < -0.3 is 10.5 Å². The summed E-state index contributed by atoms with van der Waals surface area (Å²) in [6, 6.07) is 0. The number of nitrogens with zero attached hydrogens (tertiary/aromatic N) is 1. The number of hydroxylamine groups is 2. The van der Waals surface area contributed by atoms with Crippen molar-refractivity contribution in [3.05, 3.63) is 0 Å². The Morgan fingerprint density at radius 1 is 1.26 bits per heavy atom. The Balaban J connectivity index is 1.82. The number of hydrogen-bond donors (Lipinski definition) is 1. The lowest BCUT2D eigenvalue weighted by Gasteiger charge is -2.65. The molecule has 1 aliphatic carbocycles. The summed E-state index contributed by atoms with van der Waals surface area (Å²) >= 11 is 0. The van der Waals surface area contributed by atoms with E-state index in [9.17, 15) is 4.79 Å². The van der Waals surface area contributed by atoms with E-state index < -0.39 is 5.54 Å². The van der Waals surface area contributed by atoms with E-state index in [0.29, 0.717) is 13.2 Å².